The molecule has 0 amide bonds. The van der Waals surface area contributed by atoms with Gasteiger partial charge in [0.15, 0.2) is 0 Å². The minimum atomic E-state index is -0.378. The lowest BCUT2D eigenvalue weighted by Gasteiger charge is -2.08. The molecule has 0 saturated heterocycles. The summed E-state index contributed by atoms with van der Waals surface area (Å²) in [5, 5.41) is 13.8. The van der Waals surface area contributed by atoms with E-state index >= 15 is 0 Å². The second kappa shape index (κ2) is 6.96. The molecule has 4 nitrogen and oxygen atoms in total. The lowest BCUT2D eigenvalue weighted by molar-refractivity contribution is -0.384. The van der Waals surface area contributed by atoms with Crippen molar-refractivity contribution in [2.75, 3.05) is 23.4 Å². The van der Waals surface area contributed by atoms with Crippen molar-refractivity contribution in [2.45, 2.75) is 6.92 Å². The molecule has 1 N–H and O–H groups in total. The first-order valence-corrected chi connectivity index (χ1v) is 6.48. The third kappa shape index (κ3) is 4.48. The van der Waals surface area contributed by atoms with Gasteiger partial charge in [-0.1, -0.05) is 6.08 Å². The number of benzene rings is 1. The van der Waals surface area contributed by atoms with Crippen LogP contribution >= 0.6 is 11.8 Å². The van der Waals surface area contributed by atoms with Crippen LogP contribution in [-0.4, -0.2) is 23.0 Å². The lowest BCUT2D eigenvalue weighted by Crippen LogP contribution is -2.05. The Morgan fingerprint density at radius 3 is 2.94 bits per heavy atom. The summed E-state index contributed by atoms with van der Waals surface area (Å²) in [6.07, 6.45) is 1.88. The van der Waals surface area contributed by atoms with Crippen LogP contribution in [0.5, 0.6) is 0 Å². The Labute approximate surface area is 105 Å². The van der Waals surface area contributed by atoms with Crippen LogP contribution in [0.15, 0.2) is 30.9 Å². The van der Waals surface area contributed by atoms with Crippen LogP contribution in [0.2, 0.25) is 0 Å². The number of aryl methyl sites for hydroxylation is 1. The average molecular weight is 252 g/mol. The molecule has 0 fully saturated rings. The summed E-state index contributed by atoms with van der Waals surface area (Å²) >= 11 is 1.80. The van der Waals surface area contributed by atoms with Crippen LogP contribution in [0.1, 0.15) is 5.56 Å². The van der Waals surface area contributed by atoms with E-state index in [-0.39, 0.29) is 10.6 Å². The maximum absolute atomic E-state index is 10.6. The molecule has 0 radical (unpaired) electrons. The SMILES string of the molecule is C=CCSCCNc1ccc([N+](=O)[O-])cc1C. The molecular formula is C12H16N2O2S. The van der Waals surface area contributed by atoms with E-state index in [9.17, 15) is 10.1 Å². The van der Waals surface area contributed by atoms with Crippen molar-refractivity contribution in [3.05, 3.63) is 46.5 Å². The fourth-order valence-electron chi connectivity index (χ4n) is 1.38. The zero-order valence-corrected chi connectivity index (χ0v) is 10.6. The summed E-state index contributed by atoms with van der Waals surface area (Å²) in [6, 6.07) is 4.86. The number of hydrogen-bond acceptors (Lipinski definition) is 4. The van der Waals surface area contributed by atoms with E-state index in [1.165, 1.54) is 6.07 Å². The molecule has 0 bridgehead atoms. The van der Waals surface area contributed by atoms with Crippen molar-refractivity contribution in [3.8, 4) is 0 Å². The molecular weight excluding hydrogens is 236 g/mol. The molecule has 5 heteroatoms. The zero-order valence-electron chi connectivity index (χ0n) is 9.81. The second-order valence-electron chi connectivity index (χ2n) is 3.55. The van der Waals surface area contributed by atoms with Gasteiger partial charge in [0, 0.05) is 35.9 Å². The average Bonchev–Trinajstić information content (AvgIpc) is 2.30. The van der Waals surface area contributed by atoms with Crippen LogP contribution in [0.25, 0.3) is 0 Å². The van der Waals surface area contributed by atoms with Gasteiger partial charge in [-0.25, -0.2) is 0 Å². The molecule has 0 aliphatic heterocycles. The summed E-state index contributed by atoms with van der Waals surface area (Å²) < 4.78 is 0. The fourth-order valence-corrected chi connectivity index (χ4v) is 1.96. The van der Waals surface area contributed by atoms with Gasteiger partial charge in [-0.05, 0) is 18.6 Å². The number of nitro benzene ring substituents is 1. The highest BCUT2D eigenvalue weighted by Gasteiger charge is 2.07. The molecule has 0 aliphatic carbocycles. The Bertz CT molecular complexity index is 407. The third-order valence-corrected chi connectivity index (χ3v) is 3.18. The van der Waals surface area contributed by atoms with Crippen molar-refractivity contribution in [2.24, 2.45) is 0 Å². The van der Waals surface area contributed by atoms with Crippen molar-refractivity contribution in [1.82, 2.24) is 0 Å². The monoisotopic (exact) mass is 252 g/mol. The number of anilines is 1. The lowest BCUT2D eigenvalue weighted by atomic mass is 10.2. The number of nitrogens with one attached hydrogen (secondary N) is 1. The molecule has 1 aromatic carbocycles. The van der Waals surface area contributed by atoms with Gasteiger partial charge in [0.2, 0.25) is 0 Å². The highest BCUT2D eigenvalue weighted by molar-refractivity contribution is 7.99. The molecule has 0 aromatic heterocycles. The van der Waals surface area contributed by atoms with Crippen LogP contribution < -0.4 is 5.32 Å². The Balaban J connectivity index is 2.49. The first-order chi connectivity index (χ1) is 8.15. The standard InChI is InChI=1S/C12H16N2O2S/c1-3-7-17-8-6-13-12-5-4-11(14(15)16)9-10(12)2/h3-5,9,13H,1,6-8H2,2H3. The molecule has 0 atom stereocenters. The predicted molar refractivity (Wildman–Crippen MR) is 73.8 cm³/mol. The Morgan fingerprint density at radius 2 is 2.35 bits per heavy atom. The maximum atomic E-state index is 10.6. The van der Waals surface area contributed by atoms with Gasteiger partial charge in [-0.3, -0.25) is 10.1 Å². The first-order valence-electron chi connectivity index (χ1n) is 5.32. The van der Waals surface area contributed by atoms with Gasteiger partial charge in [-0.2, -0.15) is 11.8 Å². The number of thioether (sulfide) groups is 1. The van der Waals surface area contributed by atoms with Gasteiger partial charge < -0.3 is 5.32 Å². The number of hydrogen-bond donors (Lipinski definition) is 1. The van der Waals surface area contributed by atoms with Crippen molar-refractivity contribution in [3.63, 3.8) is 0 Å². The third-order valence-electron chi connectivity index (χ3n) is 2.22. The van der Waals surface area contributed by atoms with Gasteiger partial charge >= 0.3 is 0 Å². The normalized spacial score (nSPS) is 9.94. The maximum Gasteiger partial charge on any atom is 0.269 e. The highest BCUT2D eigenvalue weighted by Crippen LogP contribution is 2.21. The number of non-ortho nitro benzene ring substituents is 1. The topological polar surface area (TPSA) is 55.2 Å². The Hall–Kier alpha value is -1.49. The summed E-state index contributed by atoms with van der Waals surface area (Å²) in [5.74, 6) is 1.93. The molecule has 0 aliphatic rings. The smallest absolute Gasteiger partial charge is 0.269 e. The second-order valence-corrected chi connectivity index (χ2v) is 4.70. The van der Waals surface area contributed by atoms with Gasteiger partial charge in [-0.15, -0.1) is 6.58 Å². The van der Waals surface area contributed by atoms with Gasteiger partial charge in [0.1, 0.15) is 0 Å². The van der Waals surface area contributed by atoms with E-state index in [1.54, 1.807) is 23.9 Å². The molecule has 0 saturated carbocycles. The zero-order chi connectivity index (χ0) is 12.7. The Kier molecular flexibility index (Phi) is 5.56. The number of rotatable bonds is 7. The van der Waals surface area contributed by atoms with E-state index < -0.39 is 0 Å². The van der Waals surface area contributed by atoms with Crippen LogP contribution in [0, 0.1) is 17.0 Å². The molecule has 0 heterocycles. The number of nitrogens with zero attached hydrogens (tertiary/aromatic N) is 1. The van der Waals surface area contributed by atoms with Crippen LogP contribution in [0.4, 0.5) is 11.4 Å². The van der Waals surface area contributed by atoms with E-state index in [4.69, 9.17) is 0 Å². The highest BCUT2D eigenvalue weighted by atomic mass is 32.2. The summed E-state index contributed by atoms with van der Waals surface area (Å²) in [6.45, 7) is 6.36. The predicted octanol–water partition coefficient (Wildman–Crippen LogP) is 3.23. The summed E-state index contributed by atoms with van der Waals surface area (Å²) in [4.78, 5) is 10.2. The number of nitro groups is 1. The summed E-state index contributed by atoms with van der Waals surface area (Å²) in [5.41, 5.74) is 1.98. The van der Waals surface area contributed by atoms with Crippen molar-refractivity contribution in [1.29, 1.82) is 0 Å². The van der Waals surface area contributed by atoms with E-state index in [1.807, 2.05) is 13.0 Å². The minimum Gasteiger partial charge on any atom is -0.384 e. The van der Waals surface area contributed by atoms with E-state index in [0.717, 1.165) is 29.3 Å². The molecule has 1 rings (SSSR count). The molecule has 0 unspecified atom stereocenters. The molecule has 92 valence electrons. The van der Waals surface area contributed by atoms with E-state index in [2.05, 4.69) is 11.9 Å². The fraction of sp³-hybridized carbons (Fsp3) is 0.333. The van der Waals surface area contributed by atoms with E-state index in [0.29, 0.717) is 0 Å². The van der Waals surface area contributed by atoms with Crippen LogP contribution in [-0.2, 0) is 0 Å². The van der Waals surface area contributed by atoms with Crippen molar-refractivity contribution >= 4 is 23.1 Å². The van der Waals surface area contributed by atoms with Gasteiger partial charge in [0.25, 0.3) is 5.69 Å². The van der Waals surface area contributed by atoms with Gasteiger partial charge in [0.05, 0.1) is 4.92 Å². The first kappa shape index (κ1) is 13.6. The minimum absolute atomic E-state index is 0.133. The summed E-state index contributed by atoms with van der Waals surface area (Å²) in [7, 11) is 0. The largest absolute Gasteiger partial charge is 0.384 e. The molecule has 17 heavy (non-hydrogen) atoms. The van der Waals surface area contributed by atoms with Crippen molar-refractivity contribution < 1.29 is 4.92 Å². The molecule has 1 aromatic rings. The van der Waals surface area contributed by atoms with Crippen LogP contribution in [0.3, 0.4) is 0 Å². The Morgan fingerprint density at radius 1 is 1.59 bits per heavy atom. The quantitative estimate of drug-likeness (QED) is 0.350. The molecule has 0 spiro atoms.